The first-order valence-electron chi connectivity index (χ1n) is 8.24. The van der Waals surface area contributed by atoms with Crippen LogP contribution in [0.5, 0.6) is 0 Å². The predicted octanol–water partition coefficient (Wildman–Crippen LogP) is 4.60. The molecule has 142 valence electrons. The average Bonchev–Trinajstić information content (AvgIpc) is 3.26. The van der Waals surface area contributed by atoms with Crippen molar-refractivity contribution in [2.45, 2.75) is 57.3 Å². The van der Waals surface area contributed by atoms with Crippen LogP contribution >= 0.6 is 15.9 Å². The Morgan fingerprint density at radius 1 is 1.46 bits per heavy atom. The molecule has 1 fully saturated rings. The lowest BCUT2D eigenvalue weighted by molar-refractivity contribution is -0.153. The number of fused-ring (bicyclic) bond motifs is 1. The van der Waals surface area contributed by atoms with Gasteiger partial charge in [-0.3, -0.25) is 4.79 Å². The number of hydrogen-bond acceptors (Lipinski definition) is 4. The zero-order valence-corrected chi connectivity index (χ0v) is 16.1. The number of halogens is 4. The van der Waals surface area contributed by atoms with Crippen molar-refractivity contribution in [2.75, 3.05) is 0 Å². The van der Waals surface area contributed by atoms with E-state index in [2.05, 4.69) is 20.9 Å². The highest BCUT2D eigenvalue weighted by molar-refractivity contribution is 9.10. The third-order valence-corrected chi connectivity index (χ3v) is 4.80. The molecule has 0 saturated heterocycles. The minimum absolute atomic E-state index is 0.141. The molecule has 1 aliphatic carbocycles. The minimum Gasteiger partial charge on any atom is -0.477 e. The Kier molecular flexibility index (Phi) is 4.83. The van der Waals surface area contributed by atoms with Gasteiger partial charge in [-0.2, -0.15) is 0 Å². The summed E-state index contributed by atoms with van der Waals surface area (Å²) in [5.41, 5.74) is -2.97. The van der Waals surface area contributed by atoms with E-state index < -0.39 is 41.4 Å². The van der Waals surface area contributed by atoms with E-state index in [0.29, 0.717) is 10.9 Å². The summed E-state index contributed by atoms with van der Waals surface area (Å²) in [6.07, 6.45) is -3.49. The number of benzene rings is 1. The molecular formula is C18H19BrF3NO3. The van der Waals surface area contributed by atoms with E-state index >= 15 is 0 Å². The number of rotatable bonds is 4. The van der Waals surface area contributed by atoms with E-state index in [9.17, 15) is 18.0 Å². The van der Waals surface area contributed by atoms with Crippen LogP contribution in [0.1, 0.15) is 39.2 Å². The van der Waals surface area contributed by atoms with Gasteiger partial charge in [0.25, 0.3) is 6.43 Å². The third kappa shape index (κ3) is 3.61. The van der Waals surface area contributed by atoms with Crippen LogP contribution in [0, 0.1) is 11.7 Å². The van der Waals surface area contributed by atoms with Gasteiger partial charge in [-0.1, -0.05) is 15.9 Å². The topological polar surface area (TPSA) is 47.9 Å². The Labute approximate surface area is 157 Å². The highest BCUT2D eigenvalue weighted by atomic mass is 79.9. The van der Waals surface area contributed by atoms with Crippen molar-refractivity contribution in [3.63, 3.8) is 0 Å². The van der Waals surface area contributed by atoms with Crippen LogP contribution in [0.25, 0.3) is 0 Å². The molecule has 2 aliphatic rings. The van der Waals surface area contributed by atoms with Gasteiger partial charge in [0.1, 0.15) is 23.9 Å². The molecule has 3 rings (SSSR count). The highest BCUT2D eigenvalue weighted by Gasteiger charge is 2.64. The molecule has 26 heavy (non-hydrogen) atoms. The van der Waals surface area contributed by atoms with Crippen molar-refractivity contribution in [1.82, 2.24) is 0 Å². The number of nitrogens with zero attached hydrogens (tertiary/aromatic N) is 1. The zero-order chi connectivity index (χ0) is 19.3. The number of aliphatic imine (C=N–C) groups is 1. The van der Waals surface area contributed by atoms with Crippen LogP contribution in [0.4, 0.5) is 13.2 Å². The second-order valence-corrected chi connectivity index (χ2v) is 8.43. The number of alkyl halides is 2. The number of hydrogen-bond donors (Lipinski definition) is 0. The Balaban J connectivity index is 1.99. The summed E-state index contributed by atoms with van der Waals surface area (Å²) in [6.45, 7) is 5.10. The first-order valence-corrected chi connectivity index (χ1v) is 9.03. The lowest BCUT2D eigenvalue weighted by Gasteiger charge is -2.34. The van der Waals surface area contributed by atoms with Crippen molar-refractivity contribution in [1.29, 1.82) is 0 Å². The second-order valence-electron chi connectivity index (χ2n) is 7.52. The Hall–Kier alpha value is -1.57. The Morgan fingerprint density at radius 2 is 2.15 bits per heavy atom. The molecule has 1 unspecified atom stereocenters. The van der Waals surface area contributed by atoms with E-state index in [1.165, 1.54) is 12.1 Å². The summed E-state index contributed by atoms with van der Waals surface area (Å²) >= 11 is 3.19. The molecule has 0 bridgehead atoms. The standard InChI is InChI=1S/C18H19BrF3NO3/c1-17(2,3)26-15(24)8-14-23-18(16(21)22,11-7-13(11)25-14)10-6-9(19)4-5-12(10)20/h4-6,11,13,16H,7-8H2,1-3H3/t11-,13?,18+/m0/s1. The van der Waals surface area contributed by atoms with E-state index in [1.807, 2.05) is 0 Å². The molecule has 0 N–H and O–H groups in total. The highest BCUT2D eigenvalue weighted by Crippen LogP contribution is 2.56. The van der Waals surface area contributed by atoms with Gasteiger partial charge < -0.3 is 9.47 Å². The van der Waals surface area contributed by atoms with E-state index in [-0.39, 0.29) is 17.9 Å². The molecule has 0 radical (unpaired) electrons. The number of carbonyl (C=O) groups is 1. The van der Waals surface area contributed by atoms with Gasteiger partial charge in [0.15, 0.2) is 11.4 Å². The first-order chi connectivity index (χ1) is 12.0. The number of ether oxygens (including phenoxy) is 2. The molecule has 0 amide bonds. The smallest absolute Gasteiger partial charge is 0.315 e. The molecule has 1 saturated carbocycles. The normalized spacial score (nSPS) is 27.5. The summed E-state index contributed by atoms with van der Waals surface area (Å²) in [7, 11) is 0. The van der Waals surface area contributed by atoms with Gasteiger partial charge in [0.2, 0.25) is 0 Å². The van der Waals surface area contributed by atoms with Crippen LogP contribution in [-0.4, -0.2) is 30.0 Å². The second kappa shape index (κ2) is 6.55. The maximum Gasteiger partial charge on any atom is 0.315 e. The largest absolute Gasteiger partial charge is 0.477 e. The Morgan fingerprint density at radius 3 is 2.77 bits per heavy atom. The molecule has 8 heteroatoms. The molecular weight excluding hydrogens is 415 g/mol. The van der Waals surface area contributed by atoms with Gasteiger partial charge in [-0.15, -0.1) is 0 Å². The SMILES string of the molecule is CC(C)(C)OC(=O)CC1=N[C@@](c2cc(Br)ccc2F)(C(F)F)[C@H]2CC2O1. The molecule has 1 aromatic carbocycles. The molecule has 3 atom stereocenters. The van der Waals surface area contributed by atoms with Crippen LogP contribution < -0.4 is 0 Å². The van der Waals surface area contributed by atoms with Crippen molar-refractivity contribution in [3.8, 4) is 0 Å². The number of carbonyl (C=O) groups excluding carboxylic acids is 1. The molecule has 0 aromatic heterocycles. The van der Waals surface area contributed by atoms with E-state index in [4.69, 9.17) is 9.47 Å². The van der Waals surface area contributed by atoms with Gasteiger partial charge in [0.05, 0.1) is 0 Å². The number of esters is 1. The summed E-state index contributed by atoms with van der Waals surface area (Å²) in [5.74, 6) is -2.17. The minimum atomic E-state index is -2.95. The van der Waals surface area contributed by atoms with Crippen LogP contribution in [-0.2, 0) is 19.8 Å². The maximum absolute atomic E-state index is 14.4. The van der Waals surface area contributed by atoms with E-state index in [1.54, 1.807) is 20.8 Å². The van der Waals surface area contributed by atoms with Gasteiger partial charge in [0, 0.05) is 16.0 Å². The van der Waals surface area contributed by atoms with Crippen LogP contribution in [0.3, 0.4) is 0 Å². The summed E-state index contributed by atoms with van der Waals surface area (Å²) in [5, 5.41) is 0. The summed E-state index contributed by atoms with van der Waals surface area (Å²) in [4.78, 5) is 16.1. The lowest BCUT2D eigenvalue weighted by Crippen LogP contribution is -2.42. The fourth-order valence-corrected chi connectivity index (χ4v) is 3.59. The third-order valence-electron chi connectivity index (χ3n) is 4.30. The molecule has 0 spiro atoms. The lowest BCUT2D eigenvalue weighted by atomic mass is 9.84. The van der Waals surface area contributed by atoms with Crippen molar-refractivity contribution in [2.24, 2.45) is 10.9 Å². The van der Waals surface area contributed by atoms with Crippen LogP contribution in [0.2, 0.25) is 0 Å². The maximum atomic E-state index is 14.4. The molecule has 1 heterocycles. The van der Waals surface area contributed by atoms with Gasteiger partial charge in [-0.05, 0) is 45.4 Å². The Bertz CT molecular complexity index is 763. The van der Waals surface area contributed by atoms with Crippen LogP contribution in [0.15, 0.2) is 27.7 Å². The summed E-state index contributed by atoms with van der Waals surface area (Å²) in [6, 6.07) is 3.88. The fraction of sp³-hybridized carbons (Fsp3) is 0.556. The predicted molar refractivity (Wildman–Crippen MR) is 92.7 cm³/mol. The molecule has 1 aromatic rings. The van der Waals surface area contributed by atoms with Crippen molar-refractivity contribution in [3.05, 3.63) is 34.1 Å². The molecule has 1 aliphatic heterocycles. The monoisotopic (exact) mass is 433 g/mol. The fourth-order valence-electron chi connectivity index (χ4n) is 3.23. The first kappa shape index (κ1) is 19.2. The van der Waals surface area contributed by atoms with E-state index in [0.717, 1.165) is 6.07 Å². The quantitative estimate of drug-likeness (QED) is 0.652. The average molecular weight is 434 g/mol. The zero-order valence-electron chi connectivity index (χ0n) is 14.6. The van der Waals surface area contributed by atoms with Crippen molar-refractivity contribution < 1.29 is 27.4 Å². The molecule has 4 nitrogen and oxygen atoms in total. The summed E-state index contributed by atoms with van der Waals surface area (Å²) < 4.78 is 53.9. The van der Waals surface area contributed by atoms with Gasteiger partial charge in [-0.25, -0.2) is 18.2 Å². The van der Waals surface area contributed by atoms with Crippen molar-refractivity contribution >= 4 is 27.8 Å². The van der Waals surface area contributed by atoms with Gasteiger partial charge >= 0.3 is 5.97 Å².